The first-order valence-corrected chi connectivity index (χ1v) is 9.70. The highest BCUT2D eigenvalue weighted by Gasteiger charge is 2.31. The minimum Gasteiger partial charge on any atom is -0.481 e. The van der Waals surface area contributed by atoms with Crippen molar-refractivity contribution in [2.75, 3.05) is 5.75 Å². The first-order valence-electron chi connectivity index (χ1n) is 9.07. The Morgan fingerprint density at radius 1 is 0.750 bits per heavy atom. The third-order valence-electron chi connectivity index (χ3n) is 3.88. The minimum absolute atomic E-state index is 0.246. The number of nitrogens with two attached hydrogens (primary N) is 3. The van der Waals surface area contributed by atoms with E-state index >= 15 is 0 Å². The summed E-state index contributed by atoms with van der Waals surface area (Å²) in [6.07, 6.45) is -2.05. The Morgan fingerprint density at radius 3 is 1.62 bits per heavy atom. The van der Waals surface area contributed by atoms with Gasteiger partial charge in [-0.05, 0) is 6.42 Å². The summed E-state index contributed by atoms with van der Waals surface area (Å²) < 4.78 is 0. The van der Waals surface area contributed by atoms with E-state index in [9.17, 15) is 33.6 Å². The van der Waals surface area contributed by atoms with Crippen LogP contribution in [-0.2, 0) is 33.6 Å². The van der Waals surface area contributed by atoms with Gasteiger partial charge < -0.3 is 43.4 Å². The van der Waals surface area contributed by atoms with Gasteiger partial charge in [0, 0.05) is 12.2 Å². The summed E-state index contributed by atoms with van der Waals surface area (Å²) in [4.78, 5) is 80.8. The van der Waals surface area contributed by atoms with Crippen molar-refractivity contribution in [1.29, 1.82) is 0 Å². The maximum Gasteiger partial charge on any atom is 0.326 e. The number of nitrogens with one attached hydrogen (secondary N) is 3. The normalized spacial score (nSPS) is 14.2. The summed E-state index contributed by atoms with van der Waals surface area (Å²) in [6.45, 7) is 0. The van der Waals surface area contributed by atoms with E-state index in [0.717, 1.165) is 0 Å². The number of thiol groups is 1. The van der Waals surface area contributed by atoms with Gasteiger partial charge in [-0.2, -0.15) is 12.6 Å². The minimum atomic E-state index is -1.66. The smallest absolute Gasteiger partial charge is 0.326 e. The van der Waals surface area contributed by atoms with Crippen molar-refractivity contribution in [3.63, 3.8) is 0 Å². The number of amides is 5. The van der Waals surface area contributed by atoms with Gasteiger partial charge in [-0.25, -0.2) is 4.79 Å². The van der Waals surface area contributed by atoms with Gasteiger partial charge in [-0.15, -0.1) is 0 Å². The molecule has 0 saturated heterocycles. The van der Waals surface area contributed by atoms with Crippen LogP contribution in [0.25, 0.3) is 0 Å². The van der Waals surface area contributed by atoms with Crippen LogP contribution in [0.3, 0.4) is 0 Å². The second-order valence-corrected chi connectivity index (χ2v) is 6.95. The third kappa shape index (κ3) is 11.1. The van der Waals surface area contributed by atoms with Crippen LogP contribution in [0.5, 0.6) is 0 Å². The van der Waals surface area contributed by atoms with Crippen molar-refractivity contribution in [1.82, 2.24) is 16.0 Å². The highest BCUT2D eigenvalue weighted by atomic mass is 32.1. The van der Waals surface area contributed by atoms with Crippen LogP contribution in [0.1, 0.15) is 25.7 Å². The highest BCUT2D eigenvalue weighted by molar-refractivity contribution is 7.80. The lowest BCUT2D eigenvalue weighted by molar-refractivity contribution is -0.143. The van der Waals surface area contributed by atoms with Crippen molar-refractivity contribution >= 4 is 54.1 Å². The molecule has 0 spiro atoms. The molecule has 0 aliphatic heterocycles. The summed E-state index contributed by atoms with van der Waals surface area (Å²) in [5.74, 6) is -8.05. The Hall–Kier alpha value is -3.40. The van der Waals surface area contributed by atoms with Crippen LogP contribution < -0.4 is 33.2 Å². The molecule has 0 aromatic rings. The number of aliphatic carboxylic acids is 2. The van der Waals surface area contributed by atoms with Crippen molar-refractivity contribution < 1.29 is 43.8 Å². The number of carboxylic acid groups (broad SMARTS) is 2. The van der Waals surface area contributed by atoms with Crippen LogP contribution in [0.15, 0.2) is 0 Å². The van der Waals surface area contributed by atoms with Gasteiger partial charge in [0.2, 0.25) is 29.5 Å². The van der Waals surface area contributed by atoms with E-state index in [4.69, 9.17) is 27.4 Å². The first kappa shape index (κ1) is 28.6. The van der Waals surface area contributed by atoms with E-state index in [1.54, 1.807) is 0 Å². The van der Waals surface area contributed by atoms with Gasteiger partial charge in [0.15, 0.2) is 0 Å². The number of hydrogen-bond donors (Lipinski definition) is 9. The van der Waals surface area contributed by atoms with Gasteiger partial charge in [0.25, 0.3) is 0 Å². The molecular weight excluding hydrogens is 452 g/mol. The van der Waals surface area contributed by atoms with E-state index in [2.05, 4.69) is 23.3 Å². The molecule has 5 amide bonds. The summed E-state index contributed by atoms with van der Waals surface area (Å²) in [7, 11) is 0. The zero-order valence-corrected chi connectivity index (χ0v) is 17.7. The molecule has 15 nitrogen and oxygen atoms in total. The van der Waals surface area contributed by atoms with Crippen molar-refractivity contribution in [2.24, 2.45) is 17.2 Å². The SMILES string of the molecule is NC(=O)CC(NC(=O)C(CS)NC(=O)C(CC(N)=O)NC(=O)C(N)CCC(=O)O)C(=O)O. The quantitative estimate of drug-likeness (QED) is 0.102. The molecule has 4 unspecified atom stereocenters. The largest absolute Gasteiger partial charge is 0.481 e. The van der Waals surface area contributed by atoms with Crippen LogP contribution in [0, 0.1) is 0 Å². The monoisotopic (exact) mass is 478 g/mol. The van der Waals surface area contributed by atoms with E-state index in [0.29, 0.717) is 0 Å². The Bertz CT molecular complexity index is 762. The second-order valence-electron chi connectivity index (χ2n) is 6.58. The fourth-order valence-corrected chi connectivity index (χ4v) is 2.50. The van der Waals surface area contributed by atoms with Gasteiger partial charge in [0.1, 0.15) is 18.1 Å². The van der Waals surface area contributed by atoms with Crippen LogP contribution in [-0.4, -0.2) is 81.6 Å². The van der Waals surface area contributed by atoms with Gasteiger partial charge in [-0.1, -0.05) is 0 Å². The highest BCUT2D eigenvalue weighted by Crippen LogP contribution is 2.01. The summed E-state index contributed by atoms with van der Waals surface area (Å²) >= 11 is 3.89. The summed E-state index contributed by atoms with van der Waals surface area (Å²) in [5, 5.41) is 24.0. The Labute approximate surface area is 187 Å². The molecule has 0 fully saturated rings. The van der Waals surface area contributed by atoms with E-state index in [1.807, 2.05) is 5.32 Å². The molecule has 0 bridgehead atoms. The second kappa shape index (κ2) is 13.8. The average molecular weight is 478 g/mol. The number of carbonyl (C=O) groups is 7. The molecule has 32 heavy (non-hydrogen) atoms. The van der Waals surface area contributed by atoms with Crippen LogP contribution in [0.2, 0.25) is 0 Å². The molecular formula is C16H26N6O9S. The topological polar surface area (TPSA) is 274 Å². The van der Waals surface area contributed by atoms with Gasteiger partial charge >= 0.3 is 11.9 Å². The fraction of sp³-hybridized carbons (Fsp3) is 0.562. The van der Waals surface area contributed by atoms with Crippen molar-refractivity contribution in [3.8, 4) is 0 Å². The van der Waals surface area contributed by atoms with Gasteiger partial charge in [0.05, 0.1) is 18.9 Å². The predicted molar refractivity (Wildman–Crippen MR) is 110 cm³/mol. The number of hydrogen-bond acceptors (Lipinski definition) is 9. The van der Waals surface area contributed by atoms with Crippen LogP contribution in [0.4, 0.5) is 0 Å². The molecule has 180 valence electrons. The lowest BCUT2D eigenvalue weighted by Crippen LogP contribution is -2.58. The number of primary amides is 2. The maximum atomic E-state index is 12.5. The molecule has 0 aliphatic carbocycles. The molecule has 0 aromatic heterocycles. The Balaban J connectivity index is 5.26. The van der Waals surface area contributed by atoms with E-state index in [-0.39, 0.29) is 12.2 Å². The Morgan fingerprint density at radius 2 is 1.19 bits per heavy atom. The van der Waals surface area contributed by atoms with Gasteiger partial charge in [-0.3, -0.25) is 28.8 Å². The average Bonchev–Trinajstić information content (AvgIpc) is 2.67. The molecule has 0 saturated carbocycles. The molecule has 4 atom stereocenters. The van der Waals surface area contributed by atoms with Crippen molar-refractivity contribution in [3.05, 3.63) is 0 Å². The number of rotatable bonds is 15. The standard InChI is InChI=1S/C16H26N6O9S/c17-6(1-2-12(25)26)13(27)20-7(3-10(18)23)14(28)22-9(5-32)15(29)21-8(16(30)31)4-11(19)24/h6-9,32H,1-5,17H2,(H2,18,23)(H2,19,24)(H,20,27)(H,21,29)(H,22,28)(H,25,26)(H,30,31). The van der Waals surface area contributed by atoms with E-state index in [1.165, 1.54) is 0 Å². The Kier molecular flexibility index (Phi) is 12.3. The predicted octanol–water partition coefficient (Wildman–Crippen LogP) is -4.60. The molecule has 0 aliphatic rings. The summed E-state index contributed by atoms with van der Waals surface area (Å²) in [5.41, 5.74) is 15.5. The molecule has 11 N–H and O–H groups in total. The molecule has 0 aromatic carbocycles. The summed E-state index contributed by atoms with van der Waals surface area (Å²) in [6, 6.07) is -5.95. The zero-order valence-electron chi connectivity index (χ0n) is 16.8. The maximum absolute atomic E-state index is 12.5. The zero-order chi connectivity index (χ0) is 25.0. The molecule has 0 heterocycles. The molecule has 0 rings (SSSR count). The number of carbonyl (C=O) groups excluding carboxylic acids is 5. The van der Waals surface area contributed by atoms with Crippen LogP contribution >= 0.6 is 12.6 Å². The molecule has 16 heteroatoms. The van der Waals surface area contributed by atoms with E-state index < -0.39 is 84.9 Å². The third-order valence-corrected chi connectivity index (χ3v) is 4.24. The first-order chi connectivity index (χ1) is 14.8. The van der Waals surface area contributed by atoms with Crippen molar-refractivity contribution in [2.45, 2.75) is 49.9 Å². The molecule has 0 radical (unpaired) electrons. The lowest BCUT2D eigenvalue weighted by atomic mass is 10.1. The lowest BCUT2D eigenvalue weighted by Gasteiger charge is -2.23. The fourth-order valence-electron chi connectivity index (χ4n) is 2.24. The number of carboxylic acids is 2.